The lowest BCUT2D eigenvalue weighted by molar-refractivity contribution is -0.138. The minimum Gasteiger partial charge on any atom is -0.494 e. The van der Waals surface area contributed by atoms with Gasteiger partial charge in [0.2, 0.25) is 0 Å². The smallest absolute Gasteiger partial charge is 0.310 e. The lowest BCUT2D eigenvalue weighted by Gasteiger charge is -2.21. The molecule has 1 unspecified atom stereocenters. The molecule has 6 nitrogen and oxygen atoms in total. The van der Waals surface area contributed by atoms with E-state index in [0.717, 1.165) is 41.7 Å². The van der Waals surface area contributed by atoms with Crippen molar-refractivity contribution in [3.63, 3.8) is 0 Å². The third-order valence-electron chi connectivity index (χ3n) is 8.20. The monoisotopic (exact) mass is 568 g/mol. The number of amides is 1. The van der Waals surface area contributed by atoms with Crippen LogP contribution in [0.5, 0.6) is 5.75 Å². The number of aryl methyl sites for hydroxylation is 1. The second kappa shape index (κ2) is 12.5. The number of aliphatic carboxylic acids is 1. The molecule has 0 fully saturated rings. The second-order valence-electron chi connectivity index (χ2n) is 12.8. The minimum atomic E-state index is -0.877. The van der Waals surface area contributed by atoms with E-state index in [1.54, 1.807) is 11.9 Å². The van der Waals surface area contributed by atoms with E-state index in [1.807, 2.05) is 39.0 Å². The van der Waals surface area contributed by atoms with Crippen LogP contribution in [0.15, 0.2) is 71.8 Å². The van der Waals surface area contributed by atoms with Crippen LogP contribution >= 0.6 is 0 Å². The van der Waals surface area contributed by atoms with E-state index >= 15 is 0 Å². The average molecular weight is 569 g/mol. The summed E-state index contributed by atoms with van der Waals surface area (Å²) in [7, 11) is 0. The summed E-state index contributed by atoms with van der Waals surface area (Å²) in [6.07, 6.45) is 2.53. The first kappa shape index (κ1) is 31.0. The van der Waals surface area contributed by atoms with Crippen LogP contribution in [0.2, 0.25) is 0 Å². The van der Waals surface area contributed by atoms with Crippen LogP contribution in [0.25, 0.3) is 11.1 Å². The Labute approximate surface area is 250 Å². The first-order valence-electron chi connectivity index (χ1n) is 14.9. The van der Waals surface area contributed by atoms with Crippen molar-refractivity contribution in [2.45, 2.75) is 85.6 Å². The van der Waals surface area contributed by atoms with Gasteiger partial charge in [0, 0.05) is 5.56 Å². The summed E-state index contributed by atoms with van der Waals surface area (Å²) in [5, 5.41) is 16.0. The molecule has 4 rings (SSSR count). The fourth-order valence-electron chi connectivity index (χ4n) is 5.33. The van der Waals surface area contributed by atoms with Crippen molar-refractivity contribution in [1.82, 2.24) is 5.01 Å². The van der Waals surface area contributed by atoms with Crippen LogP contribution in [0.4, 0.5) is 0 Å². The first-order chi connectivity index (χ1) is 19.8. The van der Waals surface area contributed by atoms with Crippen LogP contribution in [-0.4, -0.2) is 34.3 Å². The quantitative estimate of drug-likeness (QED) is 0.254. The number of benzene rings is 3. The van der Waals surface area contributed by atoms with Crippen LogP contribution < -0.4 is 4.74 Å². The van der Waals surface area contributed by atoms with Gasteiger partial charge in [-0.05, 0) is 92.3 Å². The van der Waals surface area contributed by atoms with Gasteiger partial charge in [0.1, 0.15) is 5.75 Å². The Balaban J connectivity index is 1.39. The number of carboxylic acids is 1. The van der Waals surface area contributed by atoms with Crippen molar-refractivity contribution in [3.05, 3.63) is 89.0 Å². The third-order valence-corrected chi connectivity index (χ3v) is 8.20. The lowest BCUT2D eigenvalue weighted by Crippen LogP contribution is -2.34. The van der Waals surface area contributed by atoms with Crippen LogP contribution in [0.1, 0.15) is 89.5 Å². The maximum Gasteiger partial charge on any atom is 0.310 e. The van der Waals surface area contributed by atoms with Gasteiger partial charge in [-0.15, -0.1) is 0 Å². The Morgan fingerprint density at radius 2 is 1.57 bits per heavy atom. The highest BCUT2D eigenvalue weighted by atomic mass is 16.5. The second-order valence-corrected chi connectivity index (χ2v) is 12.8. The average Bonchev–Trinajstić information content (AvgIpc) is 3.16. The highest BCUT2D eigenvalue weighted by molar-refractivity contribution is 6.11. The molecule has 222 valence electrons. The van der Waals surface area contributed by atoms with Gasteiger partial charge in [-0.1, -0.05) is 75.4 Å². The Morgan fingerprint density at radius 1 is 0.952 bits per heavy atom. The van der Waals surface area contributed by atoms with E-state index in [9.17, 15) is 14.7 Å². The van der Waals surface area contributed by atoms with Crippen LogP contribution in [-0.2, 0) is 28.0 Å². The molecular weight excluding hydrogens is 524 g/mol. The predicted octanol–water partition coefficient (Wildman–Crippen LogP) is 7.99. The number of hydrogen-bond acceptors (Lipinski definition) is 4. The van der Waals surface area contributed by atoms with Gasteiger partial charge in [-0.25, -0.2) is 5.01 Å². The standard InChI is InChI=1S/C36H44N2O4/c1-8-42-31-21-18-28(22-30(31)24(2)33(39)40)27-16-12-25(13-17-27)10-9-11-32-36(6,7)34(41)38(37-32)23-26-14-19-29(20-15-26)35(3,4)5/h12-22,24H,8-11,23H2,1-7H3,(H,39,40). The molecule has 1 atom stereocenters. The van der Waals surface area contributed by atoms with Crippen molar-refractivity contribution in [2.75, 3.05) is 6.61 Å². The molecule has 1 amide bonds. The van der Waals surface area contributed by atoms with Gasteiger partial charge in [0.25, 0.3) is 5.91 Å². The van der Waals surface area contributed by atoms with Gasteiger partial charge in [-0.3, -0.25) is 9.59 Å². The summed E-state index contributed by atoms with van der Waals surface area (Å²) in [6, 6.07) is 22.6. The summed E-state index contributed by atoms with van der Waals surface area (Å²) >= 11 is 0. The molecule has 3 aromatic carbocycles. The Hall–Kier alpha value is -3.93. The normalized spacial score (nSPS) is 15.5. The molecule has 0 spiro atoms. The molecule has 0 aromatic heterocycles. The van der Waals surface area contributed by atoms with E-state index in [2.05, 4.69) is 69.3 Å². The fourth-order valence-corrected chi connectivity index (χ4v) is 5.33. The van der Waals surface area contributed by atoms with Gasteiger partial charge in [-0.2, -0.15) is 5.10 Å². The molecule has 6 heteroatoms. The summed E-state index contributed by atoms with van der Waals surface area (Å²) in [4.78, 5) is 24.9. The molecule has 1 aliphatic rings. The van der Waals surface area contributed by atoms with Gasteiger partial charge >= 0.3 is 5.97 Å². The van der Waals surface area contributed by atoms with Gasteiger partial charge < -0.3 is 9.84 Å². The minimum absolute atomic E-state index is 0.0497. The molecule has 0 radical (unpaired) electrons. The molecule has 0 saturated heterocycles. The van der Waals surface area contributed by atoms with E-state index in [4.69, 9.17) is 9.84 Å². The number of rotatable bonds is 11. The number of carbonyl (C=O) groups is 2. The molecule has 0 bridgehead atoms. The largest absolute Gasteiger partial charge is 0.494 e. The maximum absolute atomic E-state index is 13.2. The van der Waals surface area contributed by atoms with E-state index < -0.39 is 17.3 Å². The highest BCUT2D eigenvalue weighted by Crippen LogP contribution is 2.34. The number of carbonyl (C=O) groups excluding carboxylic acids is 1. The Morgan fingerprint density at radius 3 is 2.17 bits per heavy atom. The van der Waals surface area contributed by atoms with Crippen molar-refractivity contribution in [3.8, 4) is 16.9 Å². The number of hydrazone groups is 1. The molecule has 0 saturated carbocycles. The summed E-state index contributed by atoms with van der Waals surface area (Å²) in [5.41, 5.74) is 6.65. The zero-order valence-corrected chi connectivity index (χ0v) is 26.0. The van der Waals surface area contributed by atoms with Crippen molar-refractivity contribution < 1.29 is 19.4 Å². The fraction of sp³-hybridized carbons (Fsp3) is 0.417. The number of carboxylic acid groups (broad SMARTS) is 1. The molecule has 0 aliphatic carbocycles. The Kier molecular flexibility index (Phi) is 9.24. The van der Waals surface area contributed by atoms with Gasteiger partial charge in [0.15, 0.2) is 0 Å². The zero-order valence-electron chi connectivity index (χ0n) is 26.0. The molecule has 1 aliphatic heterocycles. The zero-order chi connectivity index (χ0) is 30.7. The maximum atomic E-state index is 13.2. The first-order valence-corrected chi connectivity index (χ1v) is 14.9. The van der Waals surface area contributed by atoms with Gasteiger partial charge in [0.05, 0.1) is 30.2 Å². The van der Waals surface area contributed by atoms with Crippen LogP contribution in [0.3, 0.4) is 0 Å². The predicted molar refractivity (Wildman–Crippen MR) is 169 cm³/mol. The lowest BCUT2D eigenvalue weighted by atomic mass is 9.84. The molecule has 1 heterocycles. The van der Waals surface area contributed by atoms with E-state index in [0.29, 0.717) is 24.5 Å². The van der Waals surface area contributed by atoms with Crippen molar-refractivity contribution in [1.29, 1.82) is 0 Å². The number of hydrogen-bond donors (Lipinski definition) is 1. The molecule has 42 heavy (non-hydrogen) atoms. The summed E-state index contributed by atoms with van der Waals surface area (Å²) < 4.78 is 5.68. The highest BCUT2D eigenvalue weighted by Gasteiger charge is 2.42. The SMILES string of the molecule is CCOc1ccc(-c2ccc(CCCC3=NN(Cc4ccc(C(C)(C)C)cc4)C(=O)C3(C)C)cc2)cc1C(C)C(=O)O. The number of ether oxygens (including phenoxy) is 1. The Bertz CT molecular complexity index is 1450. The number of nitrogens with zero attached hydrogens (tertiary/aromatic N) is 2. The van der Waals surface area contributed by atoms with Crippen LogP contribution in [0, 0.1) is 5.41 Å². The molecular formula is C36H44N2O4. The molecule has 1 N–H and O–H groups in total. The molecule has 3 aromatic rings. The van der Waals surface area contributed by atoms with Crippen molar-refractivity contribution in [2.24, 2.45) is 10.5 Å². The summed E-state index contributed by atoms with van der Waals surface area (Å²) in [5.74, 6) is -0.877. The topological polar surface area (TPSA) is 79.2 Å². The summed E-state index contributed by atoms with van der Waals surface area (Å²) in [6.45, 7) is 15.1. The third kappa shape index (κ3) is 6.92. The van der Waals surface area contributed by atoms with Crippen molar-refractivity contribution >= 4 is 17.6 Å². The van der Waals surface area contributed by atoms with E-state index in [1.165, 1.54) is 11.1 Å². The van der Waals surface area contributed by atoms with E-state index in [-0.39, 0.29) is 11.3 Å².